The molecule has 1 aromatic heterocycles. The summed E-state index contributed by atoms with van der Waals surface area (Å²) >= 11 is 0. The molecule has 0 aliphatic heterocycles. The van der Waals surface area contributed by atoms with Gasteiger partial charge in [-0.1, -0.05) is 13.0 Å². The number of rotatable bonds is 6. The molecule has 7 nitrogen and oxygen atoms in total. The summed E-state index contributed by atoms with van der Waals surface area (Å²) in [6.07, 6.45) is 0. The minimum atomic E-state index is -0.475. The van der Waals surface area contributed by atoms with Crippen LogP contribution >= 0.6 is 0 Å². The summed E-state index contributed by atoms with van der Waals surface area (Å²) in [7, 11) is 0. The molecule has 0 saturated heterocycles. The van der Waals surface area contributed by atoms with Crippen molar-refractivity contribution in [2.75, 3.05) is 6.54 Å². The summed E-state index contributed by atoms with van der Waals surface area (Å²) in [6, 6.07) is 6.52. The Morgan fingerprint density at radius 1 is 1.33 bits per heavy atom. The molecule has 0 fully saturated rings. The fourth-order valence-electron chi connectivity index (χ4n) is 2.54. The third-order valence-corrected chi connectivity index (χ3v) is 3.87. The number of carbonyl (C=O) groups excluding carboxylic acids is 1. The zero-order valence-electron chi connectivity index (χ0n) is 14.4. The predicted octanol–water partition coefficient (Wildman–Crippen LogP) is 2.78. The molecule has 1 atom stereocenters. The second-order valence-electron chi connectivity index (χ2n) is 6.18. The van der Waals surface area contributed by atoms with Gasteiger partial charge in [-0.15, -0.1) is 0 Å². The average molecular weight is 330 g/mol. The molecule has 7 heteroatoms. The van der Waals surface area contributed by atoms with Gasteiger partial charge in [-0.05, 0) is 38.8 Å². The van der Waals surface area contributed by atoms with Crippen LogP contribution in [0.3, 0.4) is 0 Å². The summed E-state index contributed by atoms with van der Waals surface area (Å²) in [4.78, 5) is 22.7. The van der Waals surface area contributed by atoms with E-state index in [1.165, 1.54) is 6.07 Å². The lowest BCUT2D eigenvalue weighted by molar-refractivity contribution is -0.385. The highest BCUT2D eigenvalue weighted by molar-refractivity contribution is 5.94. The van der Waals surface area contributed by atoms with Gasteiger partial charge in [-0.3, -0.25) is 19.6 Å². The van der Waals surface area contributed by atoms with Crippen molar-refractivity contribution in [2.24, 2.45) is 5.92 Å². The average Bonchev–Trinajstić information content (AvgIpc) is 2.82. The van der Waals surface area contributed by atoms with Crippen LogP contribution < -0.4 is 5.32 Å². The number of nitro groups is 1. The number of nitrogens with zero attached hydrogens (tertiary/aromatic N) is 3. The minimum absolute atomic E-state index is 0.0432. The molecule has 1 unspecified atom stereocenters. The normalized spacial score (nSPS) is 12.0. The van der Waals surface area contributed by atoms with Crippen LogP contribution in [0.15, 0.2) is 24.3 Å². The molecule has 1 N–H and O–H groups in total. The van der Waals surface area contributed by atoms with Gasteiger partial charge in [0.2, 0.25) is 0 Å². The first-order valence-corrected chi connectivity index (χ1v) is 7.82. The lowest BCUT2D eigenvalue weighted by atomic mass is 10.1. The van der Waals surface area contributed by atoms with Crippen LogP contribution in [0, 0.1) is 36.8 Å². The second-order valence-corrected chi connectivity index (χ2v) is 6.18. The Labute approximate surface area is 140 Å². The number of benzene rings is 1. The van der Waals surface area contributed by atoms with Gasteiger partial charge < -0.3 is 5.32 Å². The van der Waals surface area contributed by atoms with Crippen molar-refractivity contribution in [1.82, 2.24) is 15.1 Å². The number of hydrogen-bond acceptors (Lipinski definition) is 4. The summed E-state index contributed by atoms with van der Waals surface area (Å²) < 4.78 is 1.92. The van der Waals surface area contributed by atoms with E-state index in [2.05, 4.69) is 10.4 Å². The number of nitro benzene ring substituents is 1. The first-order valence-electron chi connectivity index (χ1n) is 7.82. The molecular formula is C17H22N4O3. The standard InChI is InChI=1S/C17H22N4O3/c1-11(10-20-14(4)7-13(3)19-20)9-18-17(22)15-6-5-12(2)16(8-15)21(23)24/h5-8,11H,9-10H2,1-4H3,(H,18,22). The van der Waals surface area contributed by atoms with E-state index >= 15 is 0 Å². The van der Waals surface area contributed by atoms with E-state index in [0.717, 1.165) is 11.4 Å². The van der Waals surface area contributed by atoms with Crippen molar-refractivity contribution in [3.63, 3.8) is 0 Å². The lowest BCUT2D eigenvalue weighted by Crippen LogP contribution is -2.30. The maximum absolute atomic E-state index is 12.2. The van der Waals surface area contributed by atoms with Crippen molar-refractivity contribution in [3.8, 4) is 0 Å². The van der Waals surface area contributed by atoms with E-state index < -0.39 is 4.92 Å². The van der Waals surface area contributed by atoms with E-state index in [1.54, 1.807) is 19.1 Å². The van der Waals surface area contributed by atoms with Crippen molar-refractivity contribution in [1.29, 1.82) is 0 Å². The molecule has 24 heavy (non-hydrogen) atoms. The Morgan fingerprint density at radius 2 is 2.04 bits per heavy atom. The molecule has 1 aromatic carbocycles. The van der Waals surface area contributed by atoms with Crippen molar-refractivity contribution < 1.29 is 9.72 Å². The van der Waals surface area contributed by atoms with Crippen molar-refractivity contribution in [2.45, 2.75) is 34.2 Å². The highest BCUT2D eigenvalue weighted by atomic mass is 16.6. The molecule has 2 aromatic rings. The molecule has 0 aliphatic carbocycles. The summed E-state index contributed by atoms with van der Waals surface area (Å²) in [5.41, 5.74) is 2.84. The zero-order valence-corrected chi connectivity index (χ0v) is 14.4. The van der Waals surface area contributed by atoms with Gasteiger partial charge in [0.15, 0.2) is 0 Å². The number of hydrogen-bond donors (Lipinski definition) is 1. The number of aromatic nitrogens is 2. The maximum atomic E-state index is 12.2. The zero-order chi connectivity index (χ0) is 17.9. The second kappa shape index (κ2) is 7.25. The highest BCUT2D eigenvalue weighted by Crippen LogP contribution is 2.19. The summed E-state index contributed by atoms with van der Waals surface area (Å²) in [6.45, 7) is 8.79. The fourth-order valence-corrected chi connectivity index (χ4v) is 2.54. The third kappa shape index (κ3) is 4.18. The Balaban J connectivity index is 1.96. The molecular weight excluding hydrogens is 308 g/mol. The van der Waals surface area contributed by atoms with E-state index in [9.17, 15) is 14.9 Å². The molecule has 0 bridgehead atoms. The van der Waals surface area contributed by atoms with Crippen LogP contribution in [0.25, 0.3) is 0 Å². The SMILES string of the molecule is Cc1cc(C)n(CC(C)CNC(=O)c2ccc(C)c([N+](=O)[O-])c2)n1. The van der Waals surface area contributed by atoms with Crippen LogP contribution in [-0.4, -0.2) is 27.2 Å². The highest BCUT2D eigenvalue weighted by Gasteiger charge is 2.15. The lowest BCUT2D eigenvalue weighted by Gasteiger charge is -2.14. The molecule has 1 heterocycles. The van der Waals surface area contributed by atoms with Crippen LogP contribution in [0.5, 0.6) is 0 Å². The maximum Gasteiger partial charge on any atom is 0.273 e. The summed E-state index contributed by atoms with van der Waals surface area (Å²) in [5, 5.41) is 18.2. The Bertz CT molecular complexity index is 767. The number of aryl methyl sites for hydroxylation is 3. The van der Waals surface area contributed by atoms with Gasteiger partial charge in [0.1, 0.15) is 0 Å². The third-order valence-electron chi connectivity index (χ3n) is 3.87. The molecule has 2 rings (SSSR count). The first-order chi connectivity index (χ1) is 11.3. The molecule has 128 valence electrons. The smallest absolute Gasteiger partial charge is 0.273 e. The van der Waals surface area contributed by atoms with Gasteiger partial charge in [-0.25, -0.2) is 0 Å². The predicted molar refractivity (Wildman–Crippen MR) is 91.0 cm³/mol. The van der Waals surface area contributed by atoms with E-state index in [-0.39, 0.29) is 17.5 Å². The van der Waals surface area contributed by atoms with E-state index in [1.807, 2.05) is 31.5 Å². The van der Waals surface area contributed by atoms with Gasteiger partial charge in [-0.2, -0.15) is 5.10 Å². The fraction of sp³-hybridized carbons (Fsp3) is 0.412. The van der Waals surface area contributed by atoms with Crippen LogP contribution in [0.1, 0.15) is 34.2 Å². The van der Waals surface area contributed by atoms with Crippen LogP contribution in [0.2, 0.25) is 0 Å². The number of amides is 1. The van der Waals surface area contributed by atoms with Crippen molar-refractivity contribution in [3.05, 3.63) is 56.9 Å². The Morgan fingerprint density at radius 3 is 2.62 bits per heavy atom. The van der Waals surface area contributed by atoms with E-state index in [0.29, 0.717) is 24.2 Å². The molecule has 0 spiro atoms. The van der Waals surface area contributed by atoms with Gasteiger partial charge >= 0.3 is 0 Å². The Kier molecular flexibility index (Phi) is 5.33. The molecule has 1 amide bonds. The monoisotopic (exact) mass is 330 g/mol. The number of nitrogens with one attached hydrogen (secondary N) is 1. The topological polar surface area (TPSA) is 90.1 Å². The quantitative estimate of drug-likeness (QED) is 0.651. The molecule has 0 radical (unpaired) electrons. The summed E-state index contributed by atoms with van der Waals surface area (Å²) in [5.74, 6) is -0.120. The van der Waals surface area contributed by atoms with Crippen LogP contribution in [0.4, 0.5) is 5.69 Å². The van der Waals surface area contributed by atoms with Crippen LogP contribution in [-0.2, 0) is 6.54 Å². The van der Waals surface area contributed by atoms with Gasteiger partial charge in [0.05, 0.1) is 10.6 Å². The number of carbonyl (C=O) groups is 1. The van der Waals surface area contributed by atoms with Gasteiger partial charge in [0.25, 0.3) is 11.6 Å². The largest absolute Gasteiger partial charge is 0.352 e. The minimum Gasteiger partial charge on any atom is -0.352 e. The van der Waals surface area contributed by atoms with E-state index in [4.69, 9.17) is 0 Å². The van der Waals surface area contributed by atoms with Crippen molar-refractivity contribution >= 4 is 11.6 Å². The molecule has 0 aliphatic rings. The molecule has 0 saturated carbocycles. The first kappa shape index (κ1) is 17.7. The van der Waals surface area contributed by atoms with Gasteiger partial charge in [0, 0.05) is 36.0 Å². The Hall–Kier alpha value is -2.70.